The van der Waals surface area contributed by atoms with Gasteiger partial charge in [-0.15, -0.1) is 0 Å². The van der Waals surface area contributed by atoms with Gasteiger partial charge in [-0.25, -0.2) is 9.78 Å². The summed E-state index contributed by atoms with van der Waals surface area (Å²) in [5.41, 5.74) is 0.868. The maximum absolute atomic E-state index is 10.4. The van der Waals surface area contributed by atoms with Crippen LogP contribution in [0.1, 0.15) is 19.3 Å². The van der Waals surface area contributed by atoms with Gasteiger partial charge in [-0.05, 0) is 37.3 Å². The third-order valence-corrected chi connectivity index (χ3v) is 4.10. The van der Waals surface area contributed by atoms with E-state index in [1.807, 2.05) is 12.1 Å². The van der Waals surface area contributed by atoms with Crippen LogP contribution < -0.4 is 10.2 Å². The van der Waals surface area contributed by atoms with Crippen LogP contribution in [0.3, 0.4) is 0 Å². The van der Waals surface area contributed by atoms with Crippen molar-refractivity contribution in [3.8, 4) is 0 Å². The van der Waals surface area contributed by atoms with Gasteiger partial charge in [-0.2, -0.15) is 0 Å². The number of aromatic nitrogens is 1. The van der Waals surface area contributed by atoms with Crippen molar-refractivity contribution in [3.05, 3.63) is 24.6 Å². The summed E-state index contributed by atoms with van der Waals surface area (Å²) in [4.78, 5) is 17.2. The maximum Gasteiger partial charge on any atom is 0.404 e. The van der Waals surface area contributed by atoms with Gasteiger partial charge >= 0.3 is 6.09 Å². The summed E-state index contributed by atoms with van der Waals surface area (Å²) < 4.78 is 5.42. The molecular weight excluding hydrogens is 270 g/mol. The first kappa shape index (κ1) is 13.7. The second-order valence-corrected chi connectivity index (χ2v) is 5.42. The minimum Gasteiger partial charge on any atom is -0.465 e. The second-order valence-electron chi connectivity index (χ2n) is 5.42. The van der Waals surface area contributed by atoms with E-state index < -0.39 is 6.09 Å². The highest BCUT2D eigenvalue weighted by Gasteiger charge is 2.21. The monoisotopic (exact) mass is 289 g/mol. The summed E-state index contributed by atoms with van der Waals surface area (Å²) >= 11 is 0. The van der Waals surface area contributed by atoms with Gasteiger partial charge in [0.25, 0.3) is 0 Å². The van der Waals surface area contributed by atoms with Crippen molar-refractivity contribution in [1.29, 1.82) is 0 Å². The van der Waals surface area contributed by atoms with Crippen LogP contribution in [0.2, 0.25) is 0 Å². The summed E-state index contributed by atoms with van der Waals surface area (Å²) in [6, 6.07) is 3.84. The van der Waals surface area contributed by atoms with E-state index in [1.54, 1.807) is 12.5 Å². The number of carbonyl (C=O) groups is 1. The SMILES string of the molecule is O=C(O)NCCC1CCN(c2nccc3occc23)CC1. The minimum atomic E-state index is -0.941. The fourth-order valence-corrected chi connectivity index (χ4v) is 2.95. The molecule has 2 N–H and O–H groups in total. The molecule has 0 unspecified atom stereocenters. The molecule has 112 valence electrons. The Morgan fingerprint density at radius 3 is 3.00 bits per heavy atom. The normalized spacial score (nSPS) is 16.3. The number of piperidine rings is 1. The molecule has 21 heavy (non-hydrogen) atoms. The molecule has 0 saturated carbocycles. The van der Waals surface area contributed by atoms with E-state index in [0.29, 0.717) is 12.5 Å². The summed E-state index contributed by atoms with van der Waals surface area (Å²) in [6.07, 6.45) is 5.57. The fourth-order valence-electron chi connectivity index (χ4n) is 2.95. The molecule has 3 rings (SSSR count). The highest BCUT2D eigenvalue weighted by molar-refractivity contribution is 5.88. The highest BCUT2D eigenvalue weighted by Crippen LogP contribution is 2.29. The average Bonchev–Trinajstić information content (AvgIpc) is 2.96. The van der Waals surface area contributed by atoms with Gasteiger partial charge in [-0.3, -0.25) is 0 Å². The number of carboxylic acid groups (broad SMARTS) is 1. The molecule has 0 radical (unpaired) electrons. The predicted octanol–water partition coefficient (Wildman–Crippen LogP) is 2.70. The van der Waals surface area contributed by atoms with E-state index in [2.05, 4.69) is 15.2 Å². The molecule has 3 heterocycles. The predicted molar refractivity (Wildman–Crippen MR) is 79.6 cm³/mol. The summed E-state index contributed by atoms with van der Waals surface area (Å²) in [6.45, 7) is 2.44. The number of hydrogen-bond acceptors (Lipinski definition) is 4. The molecule has 1 saturated heterocycles. The van der Waals surface area contributed by atoms with Crippen LogP contribution in [0, 0.1) is 5.92 Å². The average molecular weight is 289 g/mol. The molecule has 1 amide bonds. The first-order chi connectivity index (χ1) is 10.2. The Bertz CT molecular complexity index is 617. The zero-order valence-electron chi connectivity index (χ0n) is 11.8. The van der Waals surface area contributed by atoms with Gasteiger partial charge in [0.05, 0.1) is 11.6 Å². The van der Waals surface area contributed by atoms with Gasteiger partial charge in [0, 0.05) is 25.8 Å². The fraction of sp³-hybridized carbons (Fsp3) is 0.467. The Kier molecular flexibility index (Phi) is 3.94. The van der Waals surface area contributed by atoms with Crippen LogP contribution in [0.5, 0.6) is 0 Å². The number of hydrogen-bond donors (Lipinski definition) is 2. The van der Waals surface area contributed by atoms with Gasteiger partial charge in [-0.1, -0.05) is 0 Å². The Morgan fingerprint density at radius 1 is 1.43 bits per heavy atom. The highest BCUT2D eigenvalue weighted by atomic mass is 16.4. The number of nitrogens with zero attached hydrogens (tertiary/aromatic N) is 2. The summed E-state index contributed by atoms with van der Waals surface area (Å²) in [7, 11) is 0. The van der Waals surface area contributed by atoms with Gasteiger partial charge in [0.1, 0.15) is 11.4 Å². The lowest BCUT2D eigenvalue weighted by molar-refractivity contribution is 0.193. The Hall–Kier alpha value is -2.24. The number of fused-ring (bicyclic) bond motifs is 1. The number of furan rings is 1. The van der Waals surface area contributed by atoms with E-state index in [1.165, 1.54) is 0 Å². The number of anilines is 1. The molecule has 2 aromatic heterocycles. The Balaban J connectivity index is 1.58. The summed E-state index contributed by atoms with van der Waals surface area (Å²) in [5.74, 6) is 1.57. The van der Waals surface area contributed by atoms with Gasteiger partial charge < -0.3 is 19.7 Å². The lowest BCUT2D eigenvalue weighted by atomic mass is 9.93. The Labute approximate surface area is 122 Å². The first-order valence-corrected chi connectivity index (χ1v) is 7.28. The third-order valence-electron chi connectivity index (χ3n) is 4.10. The molecule has 0 atom stereocenters. The number of amides is 1. The van der Waals surface area contributed by atoms with E-state index in [9.17, 15) is 4.79 Å². The topological polar surface area (TPSA) is 78.6 Å². The first-order valence-electron chi connectivity index (χ1n) is 7.28. The van der Waals surface area contributed by atoms with Crippen molar-refractivity contribution in [2.45, 2.75) is 19.3 Å². The van der Waals surface area contributed by atoms with Crippen molar-refractivity contribution in [3.63, 3.8) is 0 Å². The number of nitrogens with one attached hydrogen (secondary N) is 1. The molecular formula is C15H19N3O3. The van der Waals surface area contributed by atoms with E-state index in [4.69, 9.17) is 9.52 Å². The zero-order valence-corrected chi connectivity index (χ0v) is 11.8. The number of pyridine rings is 1. The van der Waals surface area contributed by atoms with Crippen LogP contribution in [-0.2, 0) is 0 Å². The summed E-state index contributed by atoms with van der Waals surface area (Å²) in [5, 5.41) is 12.1. The lowest BCUT2D eigenvalue weighted by Crippen LogP contribution is -2.35. The maximum atomic E-state index is 10.4. The van der Waals surface area contributed by atoms with Crippen molar-refractivity contribution in [2.24, 2.45) is 5.92 Å². The number of rotatable bonds is 4. The Morgan fingerprint density at radius 2 is 2.24 bits per heavy atom. The molecule has 0 aliphatic carbocycles. The van der Waals surface area contributed by atoms with E-state index in [-0.39, 0.29) is 0 Å². The van der Waals surface area contributed by atoms with Crippen molar-refractivity contribution in [2.75, 3.05) is 24.5 Å². The van der Waals surface area contributed by atoms with Crippen LogP contribution in [0.15, 0.2) is 29.0 Å². The van der Waals surface area contributed by atoms with E-state index >= 15 is 0 Å². The molecule has 0 spiro atoms. The van der Waals surface area contributed by atoms with Crippen LogP contribution >= 0.6 is 0 Å². The molecule has 6 heteroatoms. The van der Waals surface area contributed by atoms with Crippen LogP contribution in [-0.4, -0.2) is 35.8 Å². The van der Waals surface area contributed by atoms with Crippen LogP contribution in [0.25, 0.3) is 11.0 Å². The van der Waals surface area contributed by atoms with Crippen molar-refractivity contribution in [1.82, 2.24) is 10.3 Å². The smallest absolute Gasteiger partial charge is 0.404 e. The molecule has 0 bridgehead atoms. The molecule has 1 fully saturated rings. The second kappa shape index (κ2) is 6.03. The zero-order chi connectivity index (χ0) is 14.7. The standard InChI is InChI=1S/C15H19N3O3/c19-15(20)17-6-1-11-3-8-18(9-4-11)14-12-5-10-21-13(12)2-7-16-14/h2,5,7,10-11,17H,1,3-4,6,8-9H2,(H,19,20). The molecule has 1 aliphatic rings. The molecule has 2 aromatic rings. The van der Waals surface area contributed by atoms with Gasteiger partial charge in [0.2, 0.25) is 0 Å². The molecule has 0 aromatic carbocycles. The van der Waals surface area contributed by atoms with Crippen molar-refractivity contribution >= 4 is 22.9 Å². The van der Waals surface area contributed by atoms with Crippen LogP contribution in [0.4, 0.5) is 10.6 Å². The largest absolute Gasteiger partial charge is 0.465 e. The van der Waals surface area contributed by atoms with Gasteiger partial charge in [0.15, 0.2) is 0 Å². The molecule has 6 nitrogen and oxygen atoms in total. The van der Waals surface area contributed by atoms with Crippen molar-refractivity contribution < 1.29 is 14.3 Å². The molecule has 1 aliphatic heterocycles. The minimum absolute atomic E-state index is 0.537. The van der Waals surface area contributed by atoms with E-state index in [0.717, 1.165) is 49.1 Å². The lowest BCUT2D eigenvalue weighted by Gasteiger charge is -2.33. The quantitative estimate of drug-likeness (QED) is 0.904. The third kappa shape index (κ3) is 3.09.